The van der Waals surface area contributed by atoms with Crippen molar-refractivity contribution in [1.29, 1.82) is 0 Å². The maximum absolute atomic E-state index is 12.3. The Morgan fingerprint density at radius 1 is 1.40 bits per heavy atom. The number of aromatic nitrogens is 2. The zero-order valence-electron chi connectivity index (χ0n) is 12.8. The quantitative estimate of drug-likeness (QED) is 0.698. The van der Waals surface area contributed by atoms with E-state index in [-0.39, 0.29) is 5.91 Å². The molecule has 5 heteroatoms. The molecule has 1 aromatic rings. The molecule has 0 aliphatic carbocycles. The third-order valence-corrected chi connectivity index (χ3v) is 3.95. The highest BCUT2D eigenvalue weighted by Crippen LogP contribution is 2.12. The largest absolute Gasteiger partial charge is 0.350 e. The van der Waals surface area contributed by atoms with Gasteiger partial charge in [0.1, 0.15) is 5.69 Å². The maximum Gasteiger partial charge on any atom is 0.269 e. The first-order valence-corrected chi connectivity index (χ1v) is 8.69. The van der Waals surface area contributed by atoms with Crippen molar-refractivity contribution in [2.75, 3.05) is 11.9 Å². The SMILES string of the molecule is CCCC(CCBr)CNC(=O)c1cc(CC)nn1CC. The number of aryl methyl sites for hydroxylation is 2. The fraction of sp³-hybridized carbons (Fsp3) is 0.733. The third kappa shape index (κ3) is 4.93. The molecular formula is C15H26BrN3O. The molecule has 0 saturated carbocycles. The molecule has 1 atom stereocenters. The molecule has 0 aromatic carbocycles. The second-order valence-corrected chi connectivity index (χ2v) is 5.83. The Hall–Kier alpha value is -0.840. The Labute approximate surface area is 130 Å². The van der Waals surface area contributed by atoms with Crippen LogP contribution in [-0.2, 0) is 13.0 Å². The van der Waals surface area contributed by atoms with E-state index in [9.17, 15) is 4.79 Å². The van der Waals surface area contributed by atoms with Gasteiger partial charge in [-0.1, -0.05) is 36.2 Å². The fourth-order valence-corrected chi connectivity index (χ4v) is 2.95. The molecule has 1 unspecified atom stereocenters. The van der Waals surface area contributed by atoms with E-state index in [2.05, 4.69) is 40.2 Å². The van der Waals surface area contributed by atoms with Crippen molar-refractivity contribution in [3.05, 3.63) is 17.5 Å². The highest BCUT2D eigenvalue weighted by Gasteiger charge is 2.15. The van der Waals surface area contributed by atoms with Crippen molar-refractivity contribution in [3.8, 4) is 0 Å². The van der Waals surface area contributed by atoms with Crippen LogP contribution >= 0.6 is 15.9 Å². The summed E-state index contributed by atoms with van der Waals surface area (Å²) in [5, 5.41) is 8.46. The number of alkyl halides is 1. The van der Waals surface area contributed by atoms with Crippen molar-refractivity contribution >= 4 is 21.8 Å². The molecule has 20 heavy (non-hydrogen) atoms. The molecule has 0 bridgehead atoms. The van der Waals surface area contributed by atoms with Gasteiger partial charge in [0.05, 0.1) is 5.69 Å². The Bertz CT molecular complexity index is 411. The van der Waals surface area contributed by atoms with E-state index in [1.165, 1.54) is 0 Å². The zero-order valence-corrected chi connectivity index (χ0v) is 14.4. The minimum absolute atomic E-state index is 0.00488. The van der Waals surface area contributed by atoms with Gasteiger partial charge >= 0.3 is 0 Å². The Kier molecular flexibility index (Phi) is 7.88. The van der Waals surface area contributed by atoms with Crippen LogP contribution in [0.5, 0.6) is 0 Å². The Morgan fingerprint density at radius 2 is 2.15 bits per heavy atom. The summed E-state index contributed by atoms with van der Waals surface area (Å²) < 4.78 is 1.79. The highest BCUT2D eigenvalue weighted by atomic mass is 79.9. The summed E-state index contributed by atoms with van der Waals surface area (Å²) in [6.45, 7) is 7.71. The number of carbonyl (C=O) groups excluding carboxylic acids is 1. The minimum atomic E-state index is -0.00488. The van der Waals surface area contributed by atoms with Crippen molar-refractivity contribution in [3.63, 3.8) is 0 Å². The first-order valence-electron chi connectivity index (χ1n) is 7.57. The average molecular weight is 344 g/mol. The molecular weight excluding hydrogens is 318 g/mol. The Morgan fingerprint density at radius 3 is 2.70 bits per heavy atom. The van der Waals surface area contributed by atoms with Gasteiger partial charge in [-0.25, -0.2) is 0 Å². The lowest BCUT2D eigenvalue weighted by Gasteiger charge is -2.15. The van der Waals surface area contributed by atoms with Crippen LogP contribution in [-0.4, -0.2) is 27.6 Å². The van der Waals surface area contributed by atoms with Gasteiger partial charge in [0.2, 0.25) is 0 Å². The fourth-order valence-electron chi connectivity index (χ4n) is 2.31. The van der Waals surface area contributed by atoms with Crippen LogP contribution in [0.4, 0.5) is 0 Å². The number of rotatable bonds is 9. The number of hydrogen-bond acceptors (Lipinski definition) is 2. The van der Waals surface area contributed by atoms with Gasteiger partial charge in [0, 0.05) is 18.4 Å². The first kappa shape index (κ1) is 17.2. The van der Waals surface area contributed by atoms with E-state index in [0.717, 1.165) is 49.8 Å². The van der Waals surface area contributed by atoms with Crippen molar-refractivity contribution < 1.29 is 4.79 Å². The molecule has 1 aromatic heterocycles. The van der Waals surface area contributed by atoms with Gasteiger partial charge in [-0.05, 0) is 38.2 Å². The summed E-state index contributed by atoms with van der Waals surface area (Å²) in [6, 6.07) is 1.90. The predicted octanol–water partition coefficient (Wildman–Crippen LogP) is 3.40. The summed E-state index contributed by atoms with van der Waals surface area (Å²) >= 11 is 3.48. The minimum Gasteiger partial charge on any atom is -0.350 e. The zero-order chi connectivity index (χ0) is 15.0. The second-order valence-electron chi connectivity index (χ2n) is 5.03. The molecule has 1 rings (SSSR count). The molecule has 0 saturated heterocycles. The van der Waals surface area contributed by atoms with Gasteiger partial charge < -0.3 is 5.32 Å². The predicted molar refractivity (Wildman–Crippen MR) is 86.4 cm³/mol. The van der Waals surface area contributed by atoms with Gasteiger partial charge in [-0.2, -0.15) is 5.10 Å². The summed E-state index contributed by atoms with van der Waals surface area (Å²) in [6.07, 6.45) is 4.26. The van der Waals surface area contributed by atoms with Crippen LogP contribution < -0.4 is 5.32 Å². The van der Waals surface area contributed by atoms with Crippen molar-refractivity contribution in [2.45, 2.75) is 53.0 Å². The summed E-state index contributed by atoms with van der Waals surface area (Å²) in [7, 11) is 0. The van der Waals surface area contributed by atoms with E-state index < -0.39 is 0 Å². The van der Waals surface area contributed by atoms with E-state index in [1.807, 2.05) is 13.0 Å². The molecule has 0 spiro atoms. The molecule has 114 valence electrons. The normalized spacial score (nSPS) is 12.4. The number of amides is 1. The molecule has 0 aliphatic rings. The summed E-state index contributed by atoms with van der Waals surface area (Å²) in [5.41, 5.74) is 1.65. The van der Waals surface area contributed by atoms with E-state index in [1.54, 1.807) is 4.68 Å². The number of halogens is 1. The molecule has 4 nitrogen and oxygen atoms in total. The number of carbonyl (C=O) groups is 1. The second kappa shape index (κ2) is 9.16. The molecule has 0 radical (unpaired) electrons. The van der Waals surface area contributed by atoms with Crippen molar-refractivity contribution in [2.24, 2.45) is 5.92 Å². The smallest absolute Gasteiger partial charge is 0.269 e. The molecule has 0 aliphatic heterocycles. The molecule has 0 fully saturated rings. The van der Waals surface area contributed by atoms with Gasteiger partial charge in [0.25, 0.3) is 5.91 Å². The lowest BCUT2D eigenvalue weighted by atomic mass is 10.0. The Balaban J connectivity index is 2.63. The van der Waals surface area contributed by atoms with Crippen molar-refractivity contribution in [1.82, 2.24) is 15.1 Å². The first-order chi connectivity index (χ1) is 9.65. The average Bonchev–Trinajstić information content (AvgIpc) is 2.88. The standard InChI is InChI=1S/C15H26BrN3O/c1-4-7-12(8-9-16)11-17-15(20)14-10-13(5-2)18-19(14)6-3/h10,12H,4-9,11H2,1-3H3,(H,17,20). The van der Waals surface area contributed by atoms with Gasteiger partial charge in [-0.3, -0.25) is 9.48 Å². The monoisotopic (exact) mass is 343 g/mol. The topological polar surface area (TPSA) is 46.9 Å². The highest BCUT2D eigenvalue weighted by molar-refractivity contribution is 9.09. The van der Waals surface area contributed by atoms with Crippen LogP contribution in [0.3, 0.4) is 0 Å². The molecule has 1 heterocycles. The summed E-state index contributed by atoms with van der Waals surface area (Å²) in [5.74, 6) is 0.543. The number of nitrogens with one attached hydrogen (secondary N) is 1. The van der Waals surface area contributed by atoms with E-state index in [0.29, 0.717) is 11.6 Å². The van der Waals surface area contributed by atoms with Crippen LogP contribution in [0.25, 0.3) is 0 Å². The van der Waals surface area contributed by atoms with Gasteiger partial charge in [0.15, 0.2) is 0 Å². The number of nitrogens with zero attached hydrogens (tertiary/aromatic N) is 2. The summed E-state index contributed by atoms with van der Waals surface area (Å²) in [4.78, 5) is 12.3. The molecule has 1 N–H and O–H groups in total. The van der Waals surface area contributed by atoms with E-state index in [4.69, 9.17) is 0 Å². The van der Waals surface area contributed by atoms with E-state index >= 15 is 0 Å². The van der Waals surface area contributed by atoms with Crippen LogP contribution in [0, 0.1) is 5.92 Å². The molecule has 1 amide bonds. The maximum atomic E-state index is 12.3. The lowest BCUT2D eigenvalue weighted by molar-refractivity contribution is 0.0935. The third-order valence-electron chi connectivity index (χ3n) is 3.49. The number of hydrogen-bond donors (Lipinski definition) is 1. The van der Waals surface area contributed by atoms with Crippen LogP contribution in [0.1, 0.15) is 56.2 Å². The van der Waals surface area contributed by atoms with Crippen LogP contribution in [0.2, 0.25) is 0 Å². The van der Waals surface area contributed by atoms with Crippen LogP contribution in [0.15, 0.2) is 6.07 Å². The van der Waals surface area contributed by atoms with Gasteiger partial charge in [-0.15, -0.1) is 0 Å². The lowest BCUT2D eigenvalue weighted by Crippen LogP contribution is -2.31.